The summed E-state index contributed by atoms with van der Waals surface area (Å²) >= 11 is 6.04. The number of rotatable bonds is 3. The Labute approximate surface area is 131 Å². The van der Waals surface area contributed by atoms with Gasteiger partial charge in [-0.2, -0.15) is 0 Å². The van der Waals surface area contributed by atoms with Crippen LogP contribution in [0.15, 0.2) is 6.20 Å². The molecule has 1 aliphatic carbocycles. The molecule has 1 aromatic rings. The summed E-state index contributed by atoms with van der Waals surface area (Å²) in [5, 5.41) is 0.251. The second kappa shape index (κ2) is 6.73. The van der Waals surface area contributed by atoms with E-state index in [1.807, 2.05) is 13.8 Å². The maximum Gasteiger partial charge on any atom is 0.358 e. The Balaban J connectivity index is 2.11. The van der Waals surface area contributed by atoms with Gasteiger partial charge in [-0.3, -0.25) is 0 Å². The molecule has 2 unspecified atom stereocenters. The molecule has 4 nitrogen and oxygen atoms in total. The topological polar surface area (TPSA) is 52.1 Å². The Morgan fingerprint density at radius 2 is 1.90 bits per heavy atom. The summed E-state index contributed by atoms with van der Waals surface area (Å²) in [6, 6.07) is 0. The van der Waals surface area contributed by atoms with Crippen molar-refractivity contribution in [2.24, 2.45) is 11.8 Å². The van der Waals surface area contributed by atoms with E-state index in [1.165, 1.54) is 12.6 Å². The molecule has 0 aliphatic heterocycles. The van der Waals surface area contributed by atoms with Crippen molar-refractivity contribution in [1.29, 1.82) is 0 Å². The lowest BCUT2D eigenvalue weighted by atomic mass is 9.82. The number of esters is 1. The predicted octanol–water partition coefficient (Wildman–Crippen LogP) is 4.23. The van der Waals surface area contributed by atoms with E-state index in [4.69, 9.17) is 16.3 Å². The minimum absolute atomic E-state index is 0.0372. The average Bonchev–Trinajstić information content (AvgIpc) is 2.37. The molecule has 1 fully saturated rings. The van der Waals surface area contributed by atoms with Gasteiger partial charge in [0.05, 0.1) is 11.2 Å². The second-order valence-corrected chi connectivity index (χ2v) is 6.93. The highest BCUT2D eigenvalue weighted by atomic mass is 35.5. The van der Waals surface area contributed by atoms with Crippen LogP contribution in [0.25, 0.3) is 0 Å². The summed E-state index contributed by atoms with van der Waals surface area (Å²) in [5.74, 6) is 1.48. The second-order valence-electron chi connectivity index (χ2n) is 6.52. The van der Waals surface area contributed by atoms with Crippen LogP contribution in [0.4, 0.5) is 0 Å². The number of aromatic nitrogens is 2. The van der Waals surface area contributed by atoms with Gasteiger partial charge in [-0.1, -0.05) is 39.3 Å². The Morgan fingerprint density at radius 1 is 1.29 bits per heavy atom. The lowest BCUT2D eigenvalue weighted by Gasteiger charge is -2.30. The Kier molecular flexibility index (Phi) is 5.20. The maximum absolute atomic E-state index is 12.3. The molecule has 116 valence electrons. The van der Waals surface area contributed by atoms with Crippen LogP contribution >= 0.6 is 11.6 Å². The third kappa shape index (κ3) is 4.16. The van der Waals surface area contributed by atoms with Crippen LogP contribution in [0, 0.1) is 11.8 Å². The number of ether oxygens (including phenoxy) is 1. The summed E-state index contributed by atoms with van der Waals surface area (Å²) in [7, 11) is 0. The number of hydrogen-bond donors (Lipinski definition) is 0. The van der Waals surface area contributed by atoms with Crippen molar-refractivity contribution in [3.8, 4) is 0 Å². The van der Waals surface area contributed by atoms with Crippen LogP contribution in [0.1, 0.15) is 69.2 Å². The monoisotopic (exact) mass is 310 g/mol. The first-order valence-corrected chi connectivity index (χ1v) is 7.98. The summed E-state index contributed by atoms with van der Waals surface area (Å²) in [4.78, 5) is 20.7. The van der Waals surface area contributed by atoms with Crippen LogP contribution in [-0.4, -0.2) is 22.0 Å². The van der Waals surface area contributed by atoms with E-state index >= 15 is 0 Å². The van der Waals surface area contributed by atoms with E-state index in [0.29, 0.717) is 17.7 Å². The molecule has 0 N–H and O–H groups in total. The maximum atomic E-state index is 12.3. The molecular formula is C16H23ClN2O2. The van der Waals surface area contributed by atoms with Crippen molar-refractivity contribution in [2.45, 2.75) is 59.0 Å². The fraction of sp³-hybridized carbons (Fsp3) is 0.688. The van der Waals surface area contributed by atoms with Crippen molar-refractivity contribution >= 4 is 17.6 Å². The molecule has 2 atom stereocenters. The number of nitrogens with zero attached hydrogens (tertiary/aromatic N) is 2. The van der Waals surface area contributed by atoms with Crippen molar-refractivity contribution in [3.63, 3.8) is 0 Å². The van der Waals surface area contributed by atoms with Crippen molar-refractivity contribution < 1.29 is 9.53 Å². The van der Waals surface area contributed by atoms with Gasteiger partial charge in [-0.05, 0) is 31.1 Å². The first-order valence-electron chi connectivity index (χ1n) is 7.60. The predicted molar refractivity (Wildman–Crippen MR) is 82.5 cm³/mol. The van der Waals surface area contributed by atoms with E-state index in [0.717, 1.165) is 12.8 Å². The highest BCUT2D eigenvalue weighted by Gasteiger charge is 2.28. The summed E-state index contributed by atoms with van der Waals surface area (Å²) in [5.41, 5.74) is 0.182. The average molecular weight is 311 g/mol. The van der Waals surface area contributed by atoms with Gasteiger partial charge in [0, 0.05) is 5.92 Å². The normalized spacial score (nSPS) is 25.9. The van der Waals surface area contributed by atoms with Crippen LogP contribution in [0.5, 0.6) is 0 Å². The minimum atomic E-state index is -0.435. The number of carbonyl (C=O) groups excluding carboxylic acids is 1. The number of hydrogen-bond acceptors (Lipinski definition) is 4. The third-order valence-electron chi connectivity index (χ3n) is 3.88. The van der Waals surface area contributed by atoms with Gasteiger partial charge in [0.1, 0.15) is 11.9 Å². The quantitative estimate of drug-likeness (QED) is 0.784. The highest BCUT2D eigenvalue weighted by Crippen LogP contribution is 2.31. The van der Waals surface area contributed by atoms with Gasteiger partial charge >= 0.3 is 5.97 Å². The SMILES string of the molecule is CC1CC(C)CC(OC(=O)c2nc(C(C)C)ncc2Cl)C1. The van der Waals surface area contributed by atoms with E-state index in [2.05, 4.69) is 23.8 Å². The molecule has 1 heterocycles. The van der Waals surface area contributed by atoms with Gasteiger partial charge in [-0.25, -0.2) is 14.8 Å². The molecule has 1 aliphatic rings. The van der Waals surface area contributed by atoms with E-state index in [9.17, 15) is 4.79 Å². The lowest BCUT2D eigenvalue weighted by molar-refractivity contribution is 0.00741. The minimum Gasteiger partial charge on any atom is -0.458 e. The van der Waals surface area contributed by atoms with Crippen LogP contribution < -0.4 is 0 Å². The molecule has 0 amide bonds. The third-order valence-corrected chi connectivity index (χ3v) is 4.16. The molecule has 21 heavy (non-hydrogen) atoms. The number of carbonyl (C=O) groups is 1. The first-order chi connectivity index (χ1) is 9.86. The molecule has 0 aromatic carbocycles. The molecule has 5 heteroatoms. The highest BCUT2D eigenvalue weighted by molar-refractivity contribution is 6.33. The molecule has 0 saturated heterocycles. The molecule has 0 radical (unpaired) electrons. The van der Waals surface area contributed by atoms with E-state index in [1.54, 1.807) is 0 Å². The van der Waals surface area contributed by atoms with Crippen LogP contribution in [0.2, 0.25) is 5.02 Å². The number of halogens is 1. The fourth-order valence-electron chi connectivity index (χ4n) is 2.98. The Hall–Kier alpha value is -1.16. The molecular weight excluding hydrogens is 288 g/mol. The largest absolute Gasteiger partial charge is 0.458 e. The first kappa shape index (κ1) is 16.2. The van der Waals surface area contributed by atoms with Crippen molar-refractivity contribution in [1.82, 2.24) is 9.97 Å². The lowest BCUT2D eigenvalue weighted by Crippen LogP contribution is -2.29. The van der Waals surface area contributed by atoms with Gasteiger partial charge < -0.3 is 4.74 Å². The molecule has 0 spiro atoms. The zero-order chi connectivity index (χ0) is 15.6. The van der Waals surface area contributed by atoms with Gasteiger partial charge in [-0.15, -0.1) is 0 Å². The van der Waals surface area contributed by atoms with E-state index in [-0.39, 0.29) is 22.7 Å². The van der Waals surface area contributed by atoms with Crippen molar-refractivity contribution in [3.05, 3.63) is 22.7 Å². The Bertz CT molecular complexity index is 509. The van der Waals surface area contributed by atoms with Crippen LogP contribution in [-0.2, 0) is 4.74 Å². The standard InChI is InChI=1S/C16H23ClN2O2/c1-9(2)15-18-8-13(17)14(19-15)16(20)21-12-6-10(3)5-11(4)7-12/h8-12H,5-7H2,1-4H3. The van der Waals surface area contributed by atoms with E-state index < -0.39 is 5.97 Å². The zero-order valence-corrected chi connectivity index (χ0v) is 13.9. The summed E-state index contributed by atoms with van der Waals surface area (Å²) < 4.78 is 5.62. The molecule has 0 bridgehead atoms. The summed E-state index contributed by atoms with van der Waals surface area (Å²) in [6.45, 7) is 8.35. The molecule has 2 rings (SSSR count). The molecule has 1 aromatic heterocycles. The van der Waals surface area contributed by atoms with Crippen LogP contribution in [0.3, 0.4) is 0 Å². The van der Waals surface area contributed by atoms with Gasteiger partial charge in [0.25, 0.3) is 0 Å². The van der Waals surface area contributed by atoms with Gasteiger partial charge in [0.15, 0.2) is 5.69 Å². The Morgan fingerprint density at radius 3 is 2.48 bits per heavy atom. The van der Waals surface area contributed by atoms with Gasteiger partial charge in [0.2, 0.25) is 0 Å². The van der Waals surface area contributed by atoms with Crippen molar-refractivity contribution in [2.75, 3.05) is 0 Å². The zero-order valence-electron chi connectivity index (χ0n) is 13.1. The summed E-state index contributed by atoms with van der Waals surface area (Å²) in [6.07, 6.45) is 4.46. The fourth-order valence-corrected chi connectivity index (χ4v) is 3.15. The molecule has 1 saturated carbocycles. The smallest absolute Gasteiger partial charge is 0.358 e.